The van der Waals surface area contributed by atoms with Gasteiger partial charge in [0.1, 0.15) is 5.82 Å². The van der Waals surface area contributed by atoms with E-state index in [0.29, 0.717) is 20.0 Å². The first-order valence-corrected chi connectivity index (χ1v) is 7.49. The van der Waals surface area contributed by atoms with E-state index in [9.17, 15) is 9.18 Å². The molecule has 0 aliphatic heterocycles. The molecule has 7 heteroatoms. The van der Waals surface area contributed by atoms with Gasteiger partial charge in [0.15, 0.2) is 5.06 Å². The summed E-state index contributed by atoms with van der Waals surface area (Å²) in [6, 6.07) is 7.52. The van der Waals surface area contributed by atoms with Gasteiger partial charge in [-0.3, -0.25) is 0 Å². The molecule has 0 saturated heterocycles. The van der Waals surface area contributed by atoms with Crippen molar-refractivity contribution in [2.45, 2.75) is 6.92 Å². The maximum absolute atomic E-state index is 13.5. The Kier molecular flexibility index (Phi) is 4.94. The van der Waals surface area contributed by atoms with E-state index >= 15 is 0 Å². The van der Waals surface area contributed by atoms with Gasteiger partial charge in [-0.25, -0.2) is 9.18 Å². The lowest BCUT2D eigenvalue weighted by Crippen LogP contribution is -2.08. The Morgan fingerprint density at radius 3 is 2.86 bits per heavy atom. The van der Waals surface area contributed by atoms with E-state index in [2.05, 4.69) is 20.7 Å². The van der Waals surface area contributed by atoms with Crippen LogP contribution in [0.4, 0.5) is 9.18 Å². The Morgan fingerprint density at radius 1 is 1.43 bits per heavy atom. The van der Waals surface area contributed by atoms with Crippen molar-refractivity contribution in [2.75, 3.05) is 6.61 Å². The summed E-state index contributed by atoms with van der Waals surface area (Å²) in [5.74, 6) is -0.503. The molecule has 0 amide bonds. The number of hydrogen-bond acceptors (Lipinski definition) is 5. The normalized spacial score (nSPS) is 10.0. The number of halogens is 2. The Morgan fingerprint density at radius 2 is 2.19 bits per heavy atom. The molecule has 0 unspecified atom stereocenters. The van der Waals surface area contributed by atoms with E-state index in [-0.39, 0.29) is 12.2 Å². The van der Waals surface area contributed by atoms with E-state index in [0.717, 1.165) is 17.4 Å². The summed E-state index contributed by atoms with van der Waals surface area (Å²) < 4.78 is 23.8. The van der Waals surface area contributed by atoms with Crippen molar-refractivity contribution in [3.63, 3.8) is 0 Å². The molecule has 108 valence electrons. The molecule has 0 spiro atoms. The monoisotopic (exact) mass is 369 g/mol. The van der Waals surface area contributed by atoms with Crippen LogP contribution in [0.1, 0.15) is 12.5 Å². The number of hydrogen-bond donors (Lipinski definition) is 0. The molecule has 1 heterocycles. The Labute approximate surface area is 132 Å². The standard InChI is InChI=1S/C14H9BrFNO3S/c1-2-19-14(18)20-12-6-11(15)13(21-12)9-3-8(7-17)4-10(16)5-9/h3-6H,2H2,1H3. The number of thiophene rings is 1. The maximum Gasteiger partial charge on any atom is 0.514 e. The molecule has 0 saturated carbocycles. The first kappa shape index (κ1) is 15.5. The topological polar surface area (TPSA) is 59.3 Å². The molecule has 4 nitrogen and oxygen atoms in total. The number of nitrogens with zero attached hydrogens (tertiary/aromatic N) is 1. The molecule has 0 fully saturated rings. The summed E-state index contributed by atoms with van der Waals surface area (Å²) in [6.45, 7) is 1.89. The van der Waals surface area contributed by atoms with Gasteiger partial charge < -0.3 is 9.47 Å². The average Bonchev–Trinajstić information content (AvgIpc) is 2.79. The summed E-state index contributed by atoms with van der Waals surface area (Å²) in [7, 11) is 0. The van der Waals surface area contributed by atoms with Gasteiger partial charge in [-0.2, -0.15) is 5.26 Å². The zero-order valence-corrected chi connectivity index (χ0v) is 13.3. The van der Waals surface area contributed by atoms with E-state index < -0.39 is 12.0 Å². The van der Waals surface area contributed by atoms with Crippen LogP contribution in [0, 0.1) is 17.1 Å². The number of carbonyl (C=O) groups is 1. The number of nitriles is 1. The summed E-state index contributed by atoms with van der Waals surface area (Å²) >= 11 is 4.48. The van der Waals surface area contributed by atoms with E-state index in [1.807, 2.05) is 6.07 Å². The highest BCUT2D eigenvalue weighted by molar-refractivity contribution is 9.10. The van der Waals surface area contributed by atoms with Crippen LogP contribution in [0.25, 0.3) is 10.4 Å². The van der Waals surface area contributed by atoms with Crippen molar-refractivity contribution in [1.29, 1.82) is 5.26 Å². The second-order valence-electron chi connectivity index (χ2n) is 3.87. The molecular weight excluding hydrogens is 361 g/mol. The highest BCUT2D eigenvalue weighted by Gasteiger charge is 2.15. The van der Waals surface area contributed by atoms with Crippen LogP contribution in [-0.2, 0) is 4.74 Å². The Balaban J connectivity index is 2.33. The third-order valence-corrected chi connectivity index (χ3v) is 4.35. The fourth-order valence-corrected chi connectivity index (χ4v) is 3.32. The molecule has 21 heavy (non-hydrogen) atoms. The first-order valence-electron chi connectivity index (χ1n) is 5.88. The van der Waals surface area contributed by atoms with Crippen molar-refractivity contribution in [2.24, 2.45) is 0 Å². The van der Waals surface area contributed by atoms with Crippen molar-refractivity contribution in [1.82, 2.24) is 0 Å². The molecule has 2 rings (SSSR count). The summed E-state index contributed by atoms with van der Waals surface area (Å²) in [6.07, 6.45) is -0.797. The van der Waals surface area contributed by atoms with Gasteiger partial charge >= 0.3 is 6.16 Å². The molecule has 2 aromatic rings. The van der Waals surface area contributed by atoms with Gasteiger partial charge in [0.05, 0.1) is 23.1 Å². The van der Waals surface area contributed by atoms with E-state index in [1.165, 1.54) is 6.07 Å². The molecule has 0 radical (unpaired) electrons. The molecule has 0 aliphatic rings. The lowest BCUT2D eigenvalue weighted by Gasteiger charge is -2.01. The summed E-state index contributed by atoms with van der Waals surface area (Å²) in [5, 5.41) is 9.19. The molecule has 0 bridgehead atoms. The molecule has 0 aliphatic carbocycles. The van der Waals surface area contributed by atoms with Crippen LogP contribution in [0.5, 0.6) is 5.06 Å². The van der Waals surface area contributed by atoms with E-state index in [1.54, 1.807) is 19.1 Å². The Hall–Kier alpha value is -1.91. The van der Waals surface area contributed by atoms with Gasteiger partial charge in [-0.15, -0.1) is 0 Å². The van der Waals surface area contributed by atoms with Crippen LogP contribution >= 0.6 is 27.3 Å². The van der Waals surface area contributed by atoms with E-state index in [4.69, 9.17) is 10.00 Å². The smallest absolute Gasteiger partial charge is 0.434 e. The summed E-state index contributed by atoms with van der Waals surface area (Å²) in [4.78, 5) is 11.9. The van der Waals surface area contributed by atoms with Gasteiger partial charge in [0, 0.05) is 10.5 Å². The van der Waals surface area contributed by atoms with Crippen molar-refractivity contribution in [3.05, 3.63) is 40.1 Å². The van der Waals surface area contributed by atoms with Crippen LogP contribution < -0.4 is 4.74 Å². The second-order valence-corrected chi connectivity index (χ2v) is 5.74. The predicted molar refractivity (Wildman–Crippen MR) is 79.8 cm³/mol. The van der Waals surface area contributed by atoms with Crippen LogP contribution in [0.3, 0.4) is 0 Å². The fourth-order valence-electron chi connectivity index (χ4n) is 1.61. The van der Waals surface area contributed by atoms with Crippen LogP contribution in [-0.4, -0.2) is 12.8 Å². The number of rotatable bonds is 3. The number of carbonyl (C=O) groups excluding carboxylic acids is 1. The molecular formula is C14H9BrFNO3S. The van der Waals surface area contributed by atoms with Crippen molar-refractivity contribution >= 4 is 33.4 Å². The zero-order chi connectivity index (χ0) is 15.4. The number of ether oxygens (including phenoxy) is 2. The average molecular weight is 370 g/mol. The lowest BCUT2D eigenvalue weighted by molar-refractivity contribution is 0.105. The highest BCUT2D eigenvalue weighted by Crippen LogP contribution is 2.41. The van der Waals surface area contributed by atoms with Crippen LogP contribution in [0.15, 0.2) is 28.7 Å². The zero-order valence-electron chi connectivity index (χ0n) is 10.9. The molecule has 0 N–H and O–H groups in total. The fraction of sp³-hybridized carbons (Fsp3) is 0.143. The minimum Gasteiger partial charge on any atom is -0.434 e. The highest BCUT2D eigenvalue weighted by atomic mass is 79.9. The SMILES string of the molecule is CCOC(=O)Oc1cc(Br)c(-c2cc(F)cc(C#N)c2)s1. The minimum absolute atomic E-state index is 0.216. The van der Waals surface area contributed by atoms with Crippen LogP contribution in [0.2, 0.25) is 0 Å². The van der Waals surface area contributed by atoms with Gasteiger partial charge in [0.2, 0.25) is 0 Å². The van der Waals surface area contributed by atoms with Gasteiger partial charge in [-0.1, -0.05) is 11.3 Å². The third kappa shape index (κ3) is 3.80. The Bertz CT molecular complexity index is 723. The molecule has 1 aromatic carbocycles. The lowest BCUT2D eigenvalue weighted by atomic mass is 10.1. The van der Waals surface area contributed by atoms with Gasteiger partial charge in [0.25, 0.3) is 0 Å². The van der Waals surface area contributed by atoms with Gasteiger partial charge in [-0.05, 0) is 46.6 Å². The quantitative estimate of drug-likeness (QED) is 0.734. The number of benzene rings is 1. The van der Waals surface area contributed by atoms with Crippen molar-refractivity contribution in [3.8, 4) is 21.6 Å². The molecule has 1 aromatic heterocycles. The second kappa shape index (κ2) is 6.70. The summed E-state index contributed by atoms with van der Waals surface area (Å²) in [5.41, 5.74) is 0.750. The van der Waals surface area contributed by atoms with Crippen molar-refractivity contribution < 1.29 is 18.7 Å². The maximum atomic E-state index is 13.5. The third-order valence-electron chi connectivity index (χ3n) is 2.40. The predicted octanol–water partition coefficient (Wildman–Crippen LogP) is 4.72. The first-order chi connectivity index (χ1) is 10.0. The minimum atomic E-state index is -0.797. The largest absolute Gasteiger partial charge is 0.514 e. The molecule has 0 atom stereocenters.